The molecule has 1 aromatic heterocycles. The van der Waals surface area contributed by atoms with Gasteiger partial charge in [0.2, 0.25) is 0 Å². The van der Waals surface area contributed by atoms with Crippen LogP contribution < -0.4 is 4.74 Å². The SMILES string of the molecule is COc1ccc(-c2cc(C)nc(S[C@H]3CCS(=O)(=O)C3)n2)cc1. The molecule has 2 aromatic rings. The molecule has 0 radical (unpaired) electrons. The summed E-state index contributed by atoms with van der Waals surface area (Å²) < 4.78 is 28.3. The lowest BCUT2D eigenvalue weighted by molar-refractivity contribution is 0.415. The third kappa shape index (κ3) is 4.03. The van der Waals surface area contributed by atoms with Crippen LogP contribution in [0.5, 0.6) is 5.75 Å². The molecule has 0 aliphatic carbocycles. The predicted octanol–water partition coefficient (Wildman–Crippen LogP) is 2.74. The quantitative estimate of drug-likeness (QED) is 0.790. The van der Waals surface area contributed by atoms with Crippen molar-refractivity contribution < 1.29 is 13.2 Å². The first-order chi connectivity index (χ1) is 10.9. The molecule has 1 aliphatic rings. The Morgan fingerprint density at radius 3 is 2.57 bits per heavy atom. The Bertz CT molecular complexity index is 805. The summed E-state index contributed by atoms with van der Waals surface area (Å²) in [4.78, 5) is 9.02. The number of rotatable bonds is 4. The highest BCUT2D eigenvalue weighted by Crippen LogP contribution is 2.30. The lowest BCUT2D eigenvalue weighted by Crippen LogP contribution is -2.07. The number of sulfone groups is 1. The molecule has 1 atom stereocenters. The molecule has 1 fully saturated rings. The minimum Gasteiger partial charge on any atom is -0.497 e. The van der Waals surface area contributed by atoms with Gasteiger partial charge in [-0.1, -0.05) is 11.8 Å². The maximum absolute atomic E-state index is 11.6. The standard InChI is InChI=1S/C16H18N2O3S2/c1-11-9-15(12-3-5-13(21-2)6-4-12)18-16(17-11)22-14-7-8-23(19,20)10-14/h3-6,9,14H,7-8,10H2,1-2H3/t14-/m0/s1. The van der Waals surface area contributed by atoms with Crippen molar-refractivity contribution in [3.63, 3.8) is 0 Å². The predicted molar refractivity (Wildman–Crippen MR) is 91.7 cm³/mol. The molecular formula is C16H18N2O3S2. The second-order valence-corrected chi connectivity index (χ2v) is 9.04. The van der Waals surface area contributed by atoms with E-state index in [-0.39, 0.29) is 16.8 Å². The molecule has 23 heavy (non-hydrogen) atoms. The van der Waals surface area contributed by atoms with Crippen LogP contribution in [-0.4, -0.2) is 42.3 Å². The molecule has 0 bridgehead atoms. The van der Waals surface area contributed by atoms with Crippen LogP contribution in [0.2, 0.25) is 0 Å². The fourth-order valence-corrected chi connectivity index (χ4v) is 5.97. The summed E-state index contributed by atoms with van der Waals surface area (Å²) in [6.45, 7) is 1.92. The van der Waals surface area contributed by atoms with E-state index in [0.717, 1.165) is 22.7 Å². The smallest absolute Gasteiger partial charge is 0.188 e. The zero-order chi connectivity index (χ0) is 16.4. The number of thioether (sulfide) groups is 1. The van der Waals surface area contributed by atoms with Crippen molar-refractivity contribution in [3.8, 4) is 17.0 Å². The summed E-state index contributed by atoms with van der Waals surface area (Å²) in [7, 11) is -1.25. The van der Waals surface area contributed by atoms with Crippen molar-refractivity contribution >= 4 is 21.6 Å². The van der Waals surface area contributed by atoms with E-state index in [9.17, 15) is 8.42 Å². The third-order valence-electron chi connectivity index (χ3n) is 3.68. The molecule has 122 valence electrons. The molecule has 3 rings (SSSR count). The van der Waals surface area contributed by atoms with Gasteiger partial charge in [-0.05, 0) is 43.7 Å². The number of nitrogens with zero attached hydrogens (tertiary/aromatic N) is 2. The Morgan fingerprint density at radius 2 is 1.96 bits per heavy atom. The lowest BCUT2D eigenvalue weighted by Gasteiger charge is -2.09. The molecule has 2 heterocycles. The second-order valence-electron chi connectivity index (χ2n) is 5.55. The van der Waals surface area contributed by atoms with Gasteiger partial charge in [0.05, 0.1) is 24.3 Å². The first-order valence-electron chi connectivity index (χ1n) is 7.32. The Balaban J connectivity index is 1.84. The van der Waals surface area contributed by atoms with Gasteiger partial charge in [-0.15, -0.1) is 0 Å². The van der Waals surface area contributed by atoms with Crippen LogP contribution in [0.1, 0.15) is 12.1 Å². The maximum Gasteiger partial charge on any atom is 0.188 e. The number of ether oxygens (including phenoxy) is 1. The Kier molecular flexibility index (Phi) is 4.59. The largest absolute Gasteiger partial charge is 0.497 e. The van der Waals surface area contributed by atoms with Crippen molar-refractivity contribution in [3.05, 3.63) is 36.0 Å². The molecule has 0 N–H and O–H groups in total. The fraction of sp³-hybridized carbons (Fsp3) is 0.375. The second kappa shape index (κ2) is 6.49. The summed E-state index contributed by atoms with van der Waals surface area (Å²) >= 11 is 1.46. The molecule has 0 unspecified atom stereocenters. The molecule has 1 aromatic carbocycles. The van der Waals surface area contributed by atoms with Gasteiger partial charge in [0.1, 0.15) is 5.75 Å². The molecule has 1 aliphatic heterocycles. The fourth-order valence-electron chi connectivity index (χ4n) is 2.51. The molecule has 0 spiro atoms. The van der Waals surface area contributed by atoms with E-state index in [1.807, 2.05) is 37.3 Å². The minimum absolute atomic E-state index is 0.0468. The van der Waals surface area contributed by atoms with Crippen LogP contribution in [0.3, 0.4) is 0 Å². The van der Waals surface area contributed by atoms with Gasteiger partial charge in [-0.25, -0.2) is 18.4 Å². The normalized spacial score (nSPS) is 19.7. The van der Waals surface area contributed by atoms with E-state index in [4.69, 9.17) is 4.74 Å². The van der Waals surface area contributed by atoms with Crippen LogP contribution in [-0.2, 0) is 9.84 Å². The van der Waals surface area contributed by atoms with Gasteiger partial charge in [-0.3, -0.25) is 0 Å². The number of methoxy groups -OCH3 is 1. The highest BCUT2D eigenvalue weighted by Gasteiger charge is 2.29. The molecule has 1 saturated heterocycles. The summed E-state index contributed by atoms with van der Waals surface area (Å²) in [5.41, 5.74) is 2.69. The summed E-state index contributed by atoms with van der Waals surface area (Å²) in [6, 6.07) is 9.62. The van der Waals surface area contributed by atoms with Crippen molar-refractivity contribution in [2.45, 2.75) is 23.8 Å². The first kappa shape index (κ1) is 16.3. The lowest BCUT2D eigenvalue weighted by atomic mass is 10.1. The molecule has 7 heteroatoms. The van der Waals surface area contributed by atoms with Crippen LogP contribution in [0.15, 0.2) is 35.5 Å². The zero-order valence-electron chi connectivity index (χ0n) is 13.0. The number of hydrogen-bond donors (Lipinski definition) is 0. The van der Waals surface area contributed by atoms with Gasteiger partial charge < -0.3 is 4.74 Å². The maximum atomic E-state index is 11.6. The van der Waals surface area contributed by atoms with Crippen LogP contribution >= 0.6 is 11.8 Å². The average molecular weight is 350 g/mol. The summed E-state index contributed by atoms with van der Waals surface area (Å²) in [5.74, 6) is 1.28. The van der Waals surface area contributed by atoms with Gasteiger partial charge in [-0.2, -0.15) is 0 Å². The minimum atomic E-state index is -2.89. The monoisotopic (exact) mass is 350 g/mol. The summed E-state index contributed by atoms with van der Waals surface area (Å²) in [6.07, 6.45) is 0.669. The Morgan fingerprint density at radius 1 is 1.22 bits per heavy atom. The van der Waals surface area contributed by atoms with E-state index >= 15 is 0 Å². The first-order valence-corrected chi connectivity index (χ1v) is 10.0. The van der Waals surface area contributed by atoms with E-state index in [1.165, 1.54) is 11.8 Å². The van der Waals surface area contributed by atoms with Gasteiger partial charge in [0, 0.05) is 16.5 Å². The van der Waals surface area contributed by atoms with Crippen molar-refractivity contribution in [2.75, 3.05) is 18.6 Å². The zero-order valence-corrected chi connectivity index (χ0v) is 14.7. The van der Waals surface area contributed by atoms with Crippen LogP contribution in [0.4, 0.5) is 0 Å². The van der Waals surface area contributed by atoms with Crippen molar-refractivity contribution in [2.24, 2.45) is 0 Å². The molecule has 5 nitrogen and oxygen atoms in total. The topological polar surface area (TPSA) is 69.2 Å². The number of benzene rings is 1. The highest BCUT2D eigenvalue weighted by molar-refractivity contribution is 8.01. The molecule has 0 amide bonds. The molecular weight excluding hydrogens is 332 g/mol. The van der Waals surface area contributed by atoms with E-state index < -0.39 is 9.84 Å². The van der Waals surface area contributed by atoms with Gasteiger partial charge >= 0.3 is 0 Å². The van der Waals surface area contributed by atoms with E-state index in [1.54, 1.807) is 7.11 Å². The third-order valence-corrected chi connectivity index (χ3v) is 6.79. The average Bonchev–Trinajstić information content (AvgIpc) is 2.85. The van der Waals surface area contributed by atoms with Gasteiger partial charge in [0.15, 0.2) is 15.0 Å². The van der Waals surface area contributed by atoms with E-state index in [0.29, 0.717) is 11.6 Å². The van der Waals surface area contributed by atoms with E-state index in [2.05, 4.69) is 9.97 Å². The number of aryl methyl sites for hydroxylation is 1. The van der Waals surface area contributed by atoms with Crippen LogP contribution in [0.25, 0.3) is 11.3 Å². The summed E-state index contributed by atoms with van der Waals surface area (Å²) in [5, 5.41) is 0.684. The number of hydrogen-bond acceptors (Lipinski definition) is 6. The van der Waals surface area contributed by atoms with Crippen molar-refractivity contribution in [1.82, 2.24) is 9.97 Å². The molecule has 0 saturated carbocycles. The van der Waals surface area contributed by atoms with Crippen LogP contribution in [0, 0.1) is 6.92 Å². The van der Waals surface area contributed by atoms with Gasteiger partial charge in [0.25, 0.3) is 0 Å². The Hall–Kier alpha value is -1.60. The van der Waals surface area contributed by atoms with Crippen molar-refractivity contribution in [1.29, 1.82) is 0 Å². The highest BCUT2D eigenvalue weighted by atomic mass is 32.2. The Labute approximate surface area is 140 Å². The number of aromatic nitrogens is 2.